The van der Waals surface area contributed by atoms with Crippen LogP contribution in [0.1, 0.15) is 12.3 Å². The number of thiazole rings is 1. The number of nitrogens with zero attached hydrogens (tertiary/aromatic N) is 4. The second-order valence-corrected chi connectivity index (χ2v) is 8.45. The molecule has 4 aromatic rings. The number of benzene rings is 2. The molecule has 0 spiro atoms. The summed E-state index contributed by atoms with van der Waals surface area (Å²) >= 11 is 1.64. The Morgan fingerprint density at radius 1 is 1.00 bits per heavy atom. The lowest BCUT2D eigenvalue weighted by molar-refractivity contribution is -0.116. The molecular weight excluding hydrogens is 438 g/mol. The Bertz CT molecular complexity index is 1200. The number of hydrogen-bond donors (Lipinski definition) is 1. The van der Waals surface area contributed by atoms with Gasteiger partial charge in [0, 0.05) is 48.1 Å². The van der Waals surface area contributed by atoms with Crippen molar-refractivity contribution in [3.8, 4) is 22.6 Å². The Morgan fingerprint density at radius 2 is 1.79 bits per heavy atom. The maximum atomic E-state index is 12.4. The number of carbonyl (C=O) groups excluding carboxylic acids is 1. The quantitative estimate of drug-likeness (QED) is 0.439. The molecule has 9 heteroatoms. The van der Waals surface area contributed by atoms with E-state index in [9.17, 15) is 4.79 Å². The molecule has 0 unspecified atom stereocenters. The number of hydrogen-bond acceptors (Lipinski definition) is 8. The van der Waals surface area contributed by atoms with Crippen LogP contribution in [0.15, 0.2) is 64.5 Å². The molecule has 1 aliphatic heterocycles. The van der Waals surface area contributed by atoms with Gasteiger partial charge in [-0.15, -0.1) is 11.3 Å². The third-order valence-electron chi connectivity index (χ3n) is 5.30. The fourth-order valence-electron chi connectivity index (χ4n) is 3.53. The summed E-state index contributed by atoms with van der Waals surface area (Å²) in [6.07, 6.45) is 0.639. The highest BCUT2D eigenvalue weighted by Gasteiger charge is 2.15. The van der Waals surface area contributed by atoms with Gasteiger partial charge < -0.3 is 19.5 Å². The van der Waals surface area contributed by atoms with Gasteiger partial charge in [-0.25, -0.2) is 4.98 Å². The first-order chi connectivity index (χ1) is 16.2. The molecule has 8 nitrogen and oxygen atoms in total. The molecule has 5 rings (SSSR count). The van der Waals surface area contributed by atoms with E-state index in [1.807, 2.05) is 54.6 Å². The number of morpholine rings is 1. The van der Waals surface area contributed by atoms with Crippen molar-refractivity contribution in [2.45, 2.75) is 12.8 Å². The Labute approximate surface area is 195 Å². The molecule has 1 amide bonds. The average molecular weight is 462 g/mol. The minimum Gasteiger partial charge on any atom is -0.378 e. The van der Waals surface area contributed by atoms with E-state index in [-0.39, 0.29) is 12.3 Å². The summed E-state index contributed by atoms with van der Waals surface area (Å²) in [7, 11) is 0. The summed E-state index contributed by atoms with van der Waals surface area (Å²) in [5.74, 6) is 0.866. The zero-order chi connectivity index (χ0) is 22.5. The van der Waals surface area contributed by atoms with Crippen molar-refractivity contribution in [1.29, 1.82) is 0 Å². The zero-order valence-electron chi connectivity index (χ0n) is 17.9. The highest BCUT2D eigenvalue weighted by molar-refractivity contribution is 7.14. The molecule has 1 saturated heterocycles. The minimum atomic E-state index is -0.106. The van der Waals surface area contributed by atoms with Crippen molar-refractivity contribution in [3.05, 3.63) is 65.9 Å². The van der Waals surface area contributed by atoms with Crippen LogP contribution in [0.3, 0.4) is 0 Å². The number of aryl methyl sites for hydroxylation is 1. The van der Waals surface area contributed by atoms with Crippen LogP contribution in [0.5, 0.6) is 0 Å². The van der Waals surface area contributed by atoms with Crippen LogP contribution in [-0.4, -0.2) is 47.3 Å². The van der Waals surface area contributed by atoms with Crippen LogP contribution >= 0.6 is 11.3 Å². The maximum absolute atomic E-state index is 12.4. The van der Waals surface area contributed by atoms with Gasteiger partial charge in [0.2, 0.25) is 17.6 Å². The van der Waals surface area contributed by atoms with Crippen LogP contribution in [0.4, 0.5) is 10.8 Å². The molecule has 0 radical (unpaired) electrons. The van der Waals surface area contributed by atoms with Gasteiger partial charge in [0.25, 0.3) is 0 Å². The summed E-state index contributed by atoms with van der Waals surface area (Å²) in [4.78, 5) is 23.7. The van der Waals surface area contributed by atoms with Crippen LogP contribution in [0.25, 0.3) is 22.6 Å². The number of anilines is 2. The molecule has 0 aliphatic carbocycles. The van der Waals surface area contributed by atoms with Crippen molar-refractivity contribution in [3.63, 3.8) is 0 Å². The van der Waals surface area contributed by atoms with E-state index < -0.39 is 0 Å². The monoisotopic (exact) mass is 461 g/mol. The van der Waals surface area contributed by atoms with Gasteiger partial charge in [0.15, 0.2) is 5.13 Å². The van der Waals surface area contributed by atoms with Gasteiger partial charge in [0.1, 0.15) is 0 Å². The van der Waals surface area contributed by atoms with Gasteiger partial charge in [-0.3, -0.25) is 4.79 Å². The van der Waals surface area contributed by atoms with Gasteiger partial charge in [0.05, 0.1) is 18.9 Å². The van der Waals surface area contributed by atoms with Crippen LogP contribution in [0, 0.1) is 0 Å². The second-order valence-electron chi connectivity index (χ2n) is 7.62. The Balaban J connectivity index is 1.14. The predicted molar refractivity (Wildman–Crippen MR) is 127 cm³/mol. The first-order valence-electron chi connectivity index (χ1n) is 10.8. The highest BCUT2D eigenvalue weighted by atomic mass is 32.1. The number of ether oxygens (including phenoxy) is 1. The molecule has 168 valence electrons. The third-order valence-corrected chi connectivity index (χ3v) is 6.21. The second kappa shape index (κ2) is 9.93. The molecule has 33 heavy (non-hydrogen) atoms. The lowest BCUT2D eigenvalue weighted by atomic mass is 10.1. The summed E-state index contributed by atoms with van der Waals surface area (Å²) in [5.41, 5.74) is 3.57. The van der Waals surface area contributed by atoms with Crippen molar-refractivity contribution in [2.75, 3.05) is 36.5 Å². The maximum Gasteiger partial charge on any atom is 0.227 e. The zero-order valence-corrected chi connectivity index (χ0v) is 18.8. The lowest BCUT2D eigenvalue weighted by Gasteiger charge is -2.26. The van der Waals surface area contributed by atoms with Crippen molar-refractivity contribution < 1.29 is 14.1 Å². The van der Waals surface area contributed by atoms with E-state index in [2.05, 4.69) is 25.7 Å². The van der Waals surface area contributed by atoms with Crippen LogP contribution < -0.4 is 10.2 Å². The standard InChI is InChI=1S/C24H23N5O3S/c30-21(10-11-22-27-23(28-32-22)18-4-2-1-3-5-18)25-19-8-6-17(7-9-19)20-16-33-24(26-20)29-12-14-31-15-13-29/h1-9,16H,10-15H2,(H,25,30). The molecule has 1 aliphatic rings. The van der Waals surface area contributed by atoms with E-state index in [1.165, 1.54) is 0 Å². The molecule has 2 aromatic heterocycles. The minimum absolute atomic E-state index is 0.106. The van der Waals surface area contributed by atoms with Gasteiger partial charge in [-0.05, 0) is 12.1 Å². The molecule has 1 fully saturated rings. The highest BCUT2D eigenvalue weighted by Crippen LogP contribution is 2.28. The fraction of sp³-hybridized carbons (Fsp3) is 0.250. The SMILES string of the molecule is O=C(CCc1nc(-c2ccccc2)no1)Nc1ccc(-c2csc(N3CCOCC3)n2)cc1. The fourth-order valence-corrected chi connectivity index (χ4v) is 4.41. The summed E-state index contributed by atoms with van der Waals surface area (Å²) in [6.45, 7) is 3.22. The average Bonchev–Trinajstić information content (AvgIpc) is 3.55. The summed E-state index contributed by atoms with van der Waals surface area (Å²) in [6, 6.07) is 17.3. The van der Waals surface area contributed by atoms with Gasteiger partial charge >= 0.3 is 0 Å². The lowest BCUT2D eigenvalue weighted by Crippen LogP contribution is -2.36. The van der Waals surface area contributed by atoms with E-state index >= 15 is 0 Å². The molecule has 0 saturated carbocycles. The van der Waals surface area contributed by atoms with Gasteiger partial charge in [-0.2, -0.15) is 4.98 Å². The van der Waals surface area contributed by atoms with Crippen molar-refractivity contribution in [2.24, 2.45) is 0 Å². The third kappa shape index (κ3) is 5.27. The number of amides is 1. The Kier molecular flexibility index (Phi) is 6.41. The number of rotatable bonds is 7. The topological polar surface area (TPSA) is 93.4 Å². The molecule has 0 bridgehead atoms. The van der Waals surface area contributed by atoms with E-state index in [1.54, 1.807) is 11.3 Å². The summed E-state index contributed by atoms with van der Waals surface area (Å²) in [5, 5.41) is 9.98. The first-order valence-corrected chi connectivity index (χ1v) is 11.7. The van der Waals surface area contributed by atoms with Crippen molar-refractivity contribution >= 4 is 28.1 Å². The number of aromatic nitrogens is 3. The van der Waals surface area contributed by atoms with Gasteiger partial charge in [-0.1, -0.05) is 47.6 Å². The largest absolute Gasteiger partial charge is 0.378 e. The molecule has 2 aromatic carbocycles. The van der Waals surface area contributed by atoms with Crippen molar-refractivity contribution in [1.82, 2.24) is 15.1 Å². The number of carbonyl (C=O) groups is 1. The molecule has 1 N–H and O–H groups in total. The Morgan fingerprint density at radius 3 is 2.58 bits per heavy atom. The van der Waals surface area contributed by atoms with Crippen LogP contribution in [-0.2, 0) is 16.0 Å². The normalized spacial score (nSPS) is 13.8. The van der Waals surface area contributed by atoms with E-state index in [4.69, 9.17) is 14.2 Å². The summed E-state index contributed by atoms with van der Waals surface area (Å²) < 4.78 is 10.7. The number of nitrogens with one attached hydrogen (secondary N) is 1. The Hall–Kier alpha value is -3.56. The van der Waals surface area contributed by atoms with E-state index in [0.717, 1.165) is 53.9 Å². The van der Waals surface area contributed by atoms with E-state index in [0.29, 0.717) is 18.1 Å². The smallest absolute Gasteiger partial charge is 0.227 e. The predicted octanol–water partition coefficient (Wildman–Crippen LogP) is 4.27. The molecule has 3 heterocycles. The first kappa shape index (κ1) is 21.3. The molecular formula is C24H23N5O3S. The van der Waals surface area contributed by atoms with Crippen LogP contribution in [0.2, 0.25) is 0 Å². The molecule has 0 atom stereocenters.